The van der Waals surface area contributed by atoms with Crippen LogP contribution in [0.1, 0.15) is 15.9 Å². The van der Waals surface area contributed by atoms with Crippen LogP contribution in [-0.2, 0) is 5.75 Å². The molecule has 70 valence electrons. The fourth-order valence-electron chi connectivity index (χ4n) is 0.923. The zero-order chi connectivity index (χ0) is 9.84. The summed E-state index contributed by atoms with van der Waals surface area (Å²) in [4.78, 5) is 11.0. The molecule has 0 saturated carbocycles. The number of halogens is 1. The van der Waals surface area contributed by atoms with Gasteiger partial charge in [0.15, 0.2) is 0 Å². The van der Waals surface area contributed by atoms with Gasteiger partial charge >= 0.3 is 0 Å². The maximum Gasteiger partial charge on any atom is 0.268 e. The molecule has 0 atom stereocenters. The third-order valence-corrected chi connectivity index (χ3v) is 1.95. The summed E-state index contributed by atoms with van der Waals surface area (Å²) in [6.45, 7) is 0. The number of nitrogens with two attached hydrogens (primary N) is 1. The number of thiol groups is 1. The second-order valence-electron chi connectivity index (χ2n) is 2.45. The van der Waals surface area contributed by atoms with E-state index in [-0.39, 0.29) is 5.56 Å². The van der Waals surface area contributed by atoms with Gasteiger partial charge in [0, 0.05) is 5.75 Å². The van der Waals surface area contributed by atoms with Crippen LogP contribution in [0.2, 0.25) is 0 Å². The first-order chi connectivity index (χ1) is 6.19. The highest BCUT2D eigenvalue weighted by molar-refractivity contribution is 7.79. The predicted octanol–water partition coefficient (Wildman–Crippen LogP) is 0.859. The summed E-state index contributed by atoms with van der Waals surface area (Å²) in [7, 11) is 0. The van der Waals surface area contributed by atoms with Gasteiger partial charge in [0.1, 0.15) is 5.82 Å². The molecule has 0 saturated heterocycles. The van der Waals surface area contributed by atoms with E-state index in [0.717, 1.165) is 5.56 Å². The average Bonchev–Trinajstić information content (AvgIpc) is 2.17. The van der Waals surface area contributed by atoms with Crippen molar-refractivity contribution in [1.29, 1.82) is 0 Å². The number of hydrogen-bond acceptors (Lipinski definition) is 3. The van der Waals surface area contributed by atoms with Gasteiger partial charge in [0.2, 0.25) is 0 Å². The lowest BCUT2D eigenvalue weighted by atomic mass is 10.1. The Morgan fingerprint density at radius 3 is 2.85 bits per heavy atom. The summed E-state index contributed by atoms with van der Waals surface area (Å²) < 4.78 is 13.0. The molecule has 0 heterocycles. The van der Waals surface area contributed by atoms with Crippen LogP contribution in [0.25, 0.3) is 0 Å². The lowest BCUT2D eigenvalue weighted by Crippen LogP contribution is -2.30. The minimum absolute atomic E-state index is 0.0611. The Labute approximate surface area is 80.5 Å². The molecule has 13 heavy (non-hydrogen) atoms. The fraction of sp³-hybridized carbons (Fsp3) is 0.125. The molecule has 0 radical (unpaired) electrons. The maximum absolute atomic E-state index is 13.0. The Bertz CT molecular complexity index is 330. The van der Waals surface area contributed by atoms with Crippen LogP contribution < -0.4 is 11.3 Å². The van der Waals surface area contributed by atoms with E-state index in [2.05, 4.69) is 12.6 Å². The van der Waals surface area contributed by atoms with Crippen LogP contribution in [0.4, 0.5) is 4.39 Å². The molecule has 0 aliphatic carbocycles. The number of carbonyl (C=O) groups excluding carboxylic acids is 1. The molecule has 0 fully saturated rings. The standard InChI is InChI=1S/C8H9FN2OS/c9-7-2-1-5(4-13)3-6(7)8(12)11-10/h1-3,13H,4,10H2,(H,11,12). The van der Waals surface area contributed by atoms with Crippen molar-refractivity contribution in [3.63, 3.8) is 0 Å². The van der Waals surface area contributed by atoms with E-state index in [4.69, 9.17) is 5.84 Å². The average molecular weight is 200 g/mol. The topological polar surface area (TPSA) is 55.1 Å². The van der Waals surface area contributed by atoms with Crippen molar-refractivity contribution >= 4 is 18.5 Å². The number of carbonyl (C=O) groups is 1. The molecule has 0 unspecified atom stereocenters. The van der Waals surface area contributed by atoms with Gasteiger partial charge in [-0.25, -0.2) is 10.2 Å². The van der Waals surface area contributed by atoms with Gasteiger partial charge in [-0.15, -0.1) is 0 Å². The zero-order valence-electron chi connectivity index (χ0n) is 6.75. The number of nitrogens with one attached hydrogen (secondary N) is 1. The molecule has 1 aromatic carbocycles. The number of rotatable bonds is 2. The predicted molar refractivity (Wildman–Crippen MR) is 50.7 cm³/mol. The van der Waals surface area contributed by atoms with Gasteiger partial charge < -0.3 is 0 Å². The summed E-state index contributed by atoms with van der Waals surface area (Å²) in [6, 6.07) is 4.20. The monoisotopic (exact) mass is 200 g/mol. The first kappa shape index (κ1) is 10.0. The summed E-state index contributed by atoms with van der Waals surface area (Å²) >= 11 is 4.00. The Kier molecular flexibility index (Phi) is 3.27. The van der Waals surface area contributed by atoms with E-state index in [0.29, 0.717) is 5.75 Å². The van der Waals surface area contributed by atoms with Crippen molar-refractivity contribution in [1.82, 2.24) is 5.43 Å². The molecule has 1 amide bonds. The van der Waals surface area contributed by atoms with Gasteiger partial charge in [0.25, 0.3) is 5.91 Å². The maximum atomic E-state index is 13.0. The van der Waals surface area contributed by atoms with Gasteiger partial charge in [-0.05, 0) is 17.7 Å². The summed E-state index contributed by atoms with van der Waals surface area (Å²) in [5.41, 5.74) is 2.58. The molecule has 0 spiro atoms. The molecule has 3 N–H and O–H groups in total. The first-order valence-electron chi connectivity index (χ1n) is 3.59. The Balaban J connectivity index is 3.11. The Morgan fingerprint density at radius 1 is 1.62 bits per heavy atom. The van der Waals surface area contributed by atoms with Gasteiger partial charge in [-0.3, -0.25) is 10.2 Å². The number of benzene rings is 1. The lowest BCUT2D eigenvalue weighted by molar-refractivity contribution is 0.0949. The normalized spacial score (nSPS) is 9.77. The number of hydrazine groups is 1. The van der Waals surface area contributed by atoms with Crippen molar-refractivity contribution in [3.05, 3.63) is 35.1 Å². The lowest BCUT2D eigenvalue weighted by Gasteiger charge is -2.03. The minimum Gasteiger partial charge on any atom is -0.290 e. The molecule has 3 nitrogen and oxygen atoms in total. The smallest absolute Gasteiger partial charge is 0.268 e. The molecule has 0 bridgehead atoms. The molecule has 1 rings (SSSR count). The van der Waals surface area contributed by atoms with Crippen LogP contribution in [0.3, 0.4) is 0 Å². The SMILES string of the molecule is NNC(=O)c1cc(CS)ccc1F. The molecule has 5 heteroatoms. The third kappa shape index (κ3) is 2.19. The van der Waals surface area contributed by atoms with Crippen LogP contribution >= 0.6 is 12.6 Å². The van der Waals surface area contributed by atoms with Crippen molar-refractivity contribution in [2.45, 2.75) is 5.75 Å². The summed E-state index contributed by atoms with van der Waals surface area (Å²) in [6.07, 6.45) is 0. The largest absolute Gasteiger partial charge is 0.290 e. The highest BCUT2D eigenvalue weighted by Gasteiger charge is 2.10. The Morgan fingerprint density at radius 2 is 2.31 bits per heavy atom. The molecule has 0 aromatic heterocycles. The molecular weight excluding hydrogens is 191 g/mol. The van der Waals surface area contributed by atoms with E-state index in [9.17, 15) is 9.18 Å². The van der Waals surface area contributed by atoms with Crippen LogP contribution in [0.5, 0.6) is 0 Å². The number of hydrogen-bond donors (Lipinski definition) is 3. The number of nitrogen functional groups attached to an aromatic ring is 1. The van der Waals surface area contributed by atoms with E-state index in [1.807, 2.05) is 5.43 Å². The van der Waals surface area contributed by atoms with Gasteiger partial charge in [-0.1, -0.05) is 6.07 Å². The van der Waals surface area contributed by atoms with Crippen molar-refractivity contribution in [2.24, 2.45) is 5.84 Å². The molecular formula is C8H9FN2OS. The summed E-state index contributed by atoms with van der Waals surface area (Å²) in [5.74, 6) is 4.10. The second kappa shape index (κ2) is 4.25. The van der Waals surface area contributed by atoms with Crippen molar-refractivity contribution < 1.29 is 9.18 Å². The van der Waals surface area contributed by atoms with Gasteiger partial charge in [-0.2, -0.15) is 12.6 Å². The highest BCUT2D eigenvalue weighted by Crippen LogP contribution is 2.11. The molecule has 0 aliphatic heterocycles. The van der Waals surface area contributed by atoms with Crippen LogP contribution in [0.15, 0.2) is 18.2 Å². The van der Waals surface area contributed by atoms with Crippen molar-refractivity contribution in [3.8, 4) is 0 Å². The van der Waals surface area contributed by atoms with E-state index < -0.39 is 11.7 Å². The number of amides is 1. The van der Waals surface area contributed by atoms with E-state index in [1.165, 1.54) is 12.1 Å². The molecule has 1 aromatic rings. The van der Waals surface area contributed by atoms with Crippen molar-refractivity contribution in [2.75, 3.05) is 0 Å². The van der Waals surface area contributed by atoms with Crippen LogP contribution in [0, 0.1) is 5.82 Å². The third-order valence-electron chi connectivity index (χ3n) is 1.59. The second-order valence-corrected chi connectivity index (χ2v) is 2.76. The van der Waals surface area contributed by atoms with Gasteiger partial charge in [0.05, 0.1) is 5.56 Å². The van der Waals surface area contributed by atoms with E-state index in [1.54, 1.807) is 6.07 Å². The summed E-state index contributed by atoms with van der Waals surface area (Å²) in [5, 5.41) is 0. The molecule has 0 aliphatic rings. The minimum atomic E-state index is -0.638. The van der Waals surface area contributed by atoms with E-state index >= 15 is 0 Å². The quantitative estimate of drug-likeness (QED) is 0.287. The first-order valence-corrected chi connectivity index (χ1v) is 4.22. The Hall–Kier alpha value is -1.07. The van der Waals surface area contributed by atoms with Crippen LogP contribution in [-0.4, -0.2) is 5.91 Å². The fourth-order valence-corrected chi connectivity index (χ4v) is 1.12. The highest BCUT2D eigenvalue weighted by atomic mass is 32.1. The zero-order valence-corrected chi connectivity index (χ0v) is 7.64.